The number of amides is 1. The highest BCUT2D eigenvalue weighted by molar-refractivity contribution is 5.94. The summed E-state index contributed by atoms with van der Waals surface area (Å²) in [4.78, 5) is 12.3. The van der Waals surface area contributed by atoms with E-state index in [0.29, 0.717) is 18.7 Å². The quantitative estimate of drug-likeness (QED) is 0.850. The molecular formula is C17H25ClN4O. The maximum absolute atomic E-state index is 12.3. The molecule has 126 valence electrons. The van der Waals surface area contributed by atoms with E-state index in [4.69, 9.17) is 5.73 Å². The number of hydrogen-bond acceptors (Lipinski definition) is 3. The van der Waals surface area contributed by atoms with Crippen LogP contribution in [0.2, 0.25) is 0 Å². The van der Waals surface area contributed by atoms with Gasteiger partial charge in [-0.15, -0.1) is 12.4 Å². The second-order valence-corrected chi connectivity index (χ2v) is 5.29. The summed E-state index contributed by atoms with van der Waals surface area (Å²) in [6, 6.07) is 7.38. The number of rotatable bonds is 6. The van der Waals surface area contributed by atoms with E-state index in [1.807, 2.05) is 36.0 Å². The van der Waals surface area contributed by atoms with Crippen LogP contribution >= 0.6 is 12.4 Å². The van der Waals surface area contributed by atoms with Crippen molar-refractivity contribution in [3.8, 4) is 0 Å². The van der Waals surface area contributed by atoms with Crippen molar-refractivity contribution in [1.29, 1.82) is 0 Å². The molecule has 0 aliphatic rings. The number of nitrogens with two attached hydrogens (primary N) is 1. The third kappa shape index (κ3) is 4.33. The standard InChI is InChI=1S/C17H24N4O.ClH/c1-4-15-14(16(5-2)21(3)20-15)11-19-17(22)13-8-6-12(10-18)7-9-13;/h6-9H,4-5,10-11,18H2,1-3H3,(H,19,22);1H. The minimum Gasteiger partial charge on any atom is -0.348 e. The molecule has 1 amide bonds. The van der Waals surface area contributed by atoms with Crippen molar-refractivity contribution in [2.24, 2.45) is 12.8 Å². The number of aryl methyl sites for hydroxylation is 2. The number of aromatic nitrogens is 2. The van der Waals surface area contributed by atoms with Crippen molar-refractivity contribution in [3.63, 3.8) is 0 Å². The van der Waals surface area contributed by atoms with E-state index in [-0.39, 0.29) is 18.3 Å². The largest absolute Gasteiger partial charge is 0.348 e. The Balaban J connectivity index is 0.00000264. The third-order valence-corrected chi connectivity index (χ3v) is 3.91. The van der Waals surface area contributed by atoms with Crippen molar-refractivity contribution < 1.29 is 4.79 Å². The van der Waals surface area contributed by atoms with Crippen LogP contribution < -0.4 is 11.1 Å². The zero-order chi connectivity index (χ0) is 16.1. The fourth-order valence-corrected chi connectivity index (χ4v) is 2.66. The molecule has 1 aromatic heterocycles. The molecule has 1 heterocycles. The first-order valence-electron chi connectivity index (χ1n) is 7.71. The number of benzene rings is 1. The van der Waals surface area contributed by atoms with Crippen LogP contribution in [0.3, 0.4) is 0 Å². The van der Waals surface area contributed by atoms with Gasteiger partial charge in [-0.1, -0.05) is 26.0 Å². The van der Waals surface area contributed by atoms with Gasteiger partial charge < -0.3 is 11.1 Å². The molecule has 0 atom stereocenters. The number of carbonyl (C=O) groups is 1. The number of nitrogens with one attached hydrogen (secondary N) is 1. The number of nitrogens with zero attached hydrogens (tertiary/aromatic N) is 2. The van der Waals surface area contributed by atoms with Gasteiger partial charge in [-0.05, 0) is 30.5 Å². The topological polar surface area (TPSA) is 72.9 Å². The van der Waals surface area contributed by atoms with Gasteiger partial charge in [-0.25, -0.2) is 0 Å². The summed E-state index contributed by atoms with van der Waals surface area (Å²) in [7, 11) is 1.95. The van der Waals surface area contributed by atoms with Gasteiger partial charge >= 0.3 is 0 Å². The van der Waals surface area contributed by atoms with Crippen LogP contribution in [-0.2, 0) is 33.0 Å². The molecule has 3 N–H and O–H groups in total. The van der Waals surface area contributed by atoms with E-state index >= 15 is 0 Å². The van der Waals surface area contributed by atoms with Crippen molar-refractivity contribution >= 4 is 18.3 Å². The van der Waals surface area contributed by atoms with Crippen molar-refractivity contribution in [2.45, 2.75) is 39.8 Å². The van der Waals surface area contributed by atoms with Crippen molar-refractivity contribution in [2.75, 3.05) is 0 Å². The van der Waals surface area contributed by atoms with Gasteiger partial charge in [0.1, 0.15) is 0 Å². The molecule has 1 aromatic carbocycles. The molecule has 0 aliphatic heterocycles. The molecule has 0 bridgehead atoms. The predicted molar refractivity (Wildman–Crippen MR) is 94.7 cm³/mol. The predicted octanol–water partition coefficient (Wildman–Crippen LogP) is 2.36. The van der Waals surface area contributed by atoms with E-state index in [0.717, 1.165) is 29.7 Å². The monoisotopic (exact) mass is 336 g/mol. The lowest BCUT2D eigenvalue weighted by molar-refractivity contribution is 0.0950. The first-order chi connectivity index (χ1) is 10.6. The van der Waals surface area contributed by atoms with Gasteiger partial charge in [0.2, 0.25) is 0 Å². The number of halogens is 1. The normalized spacial score (nSPS) is 10.3. The molecule has 5 nitrogen and oxygen atoms in total. The Labute approximate surface area is 143 Å². The second-order valence-electron chi connectivity index (χ2n) is 5.29. The molecule has 0 radical (unpaired) electrons. The summed E-state index contributed by atoms with van der Waals surface area (Å²) in [6.07, 6.45) is 1.77. The Morgan fingerprint density at radius 1 is 1.22 bits per heavy atom. The van der Waals surface area contributed by atoms with Gasteiger partial charge in [-0.2, -0.15) is 5.10 Å². The van der Waals surface area contributed by atoms with E-state index in [1.54, 1.807) is 0 Å². The third-order valence-electron chi connectivity index (χ3n) is 3.91. The lowest BCUT2D eigenvalue weighted by Crippen LogP contribution is -2.23. The van der Waals surface area contributed by atoms with Crippen LogP contribution in [0.4, 0.5) is 0 Å². The maximum Gasteiger partial charge on any atom is 0.251 e. The molecule has 0 spiro atoms. The average molecular weight is 337 g/mol. The van der Waals surface area contributed by atoms with Crippen LogP contribution in [0.25, 0.3) is 0 Å². The molecule has 2 aromatic rings. The van der Waals surface area contributed by atoms with Crippen LogP contribution in [0.1, 0.15) is 46.7 Å². The highest BCUT2D eigenvalue weighted by Gasteiger charge is 2.14. The second kappa shape index (κ2) is 8.70. The van der Waals surface area contributed by atoms with Gasteiger partial charge in [0.15, 0.2) is 0 Å². The van der Waals surface area contributed by atoms with E-state index in [9.17, 15) is 4.79 Å². The molecule has 6 heteroatoms. The summed E-state index contributed by atoms with van der Waals surface area (Å²) in [5.41, 5.74) is 10.6. The molecule has 0 aliphatic carbocycles. The molecule has 0 saturated carbocycles. The molecule has 0 unspecified atom stereocenters. The zero-order valence-electron chi connectivity index (χ0n) is 13.9. The smallest absolute Gasteiger partial charge is 0.251 e. The summed E-state index contributed by atoms with van der Waals surface area (Å²) >= 11 is 0. The van der Waals surface area contributed by atoms with E-state index in [2.05, 4.69) is 24.3 Å². The van der Waals surface area contributed by atoms with Gasteiger partial charge in [-0.3, -0.25) is 9.48 Å². The molecule has 0 fully saturated rings. The molecular weight excluding hydrogens is 312 g/mol. The SMILES string of the molecule is CCc1nn(C)c(CC)c1CNC(=O)c1ccc(CN)cc1.Cl. The average Bonchev–Trinajstić information content (AvgIpc) is 2.87. The Bertz CT molecular complexity index is 649. The lowest BCUT2D eigenvalue weighted by atomic mass is 10.1. The Hall–Kier alpha value is -1.85. The first kappa shape index (κ1) is 19.2. The zero-order valence-corrected chi connectivity index (χ0v) is 14.7. The summed E-state index contributed by atoms with van der Waals surface area (Å²) in [6.45, 7) is 5.18. The van der Waals surface area contributed by atoms with Crippen LogP contribution in [0.15, 0.2) is 24.3 Å². The van der Waals surface area contributed by atoms with E-state index < -0.39 is 0 Å². The Morgan fingerprint density at radius 3 is 2.39 bits per heavy atom. The van der Waals surface area contributed by atoms with Gasteiger partial charge in [0, 0.05) is 37.0 Å². The van der Waals surface area contributed by atoms with Crippen LogP contribution in [-0.4, -0.2) is 15.7 Å². The lowest BCUT2D eigenvalue weighted by Gasteiger charge is -2.08. The van der Waals surface area contributed by atoms with E-state index in [1.165, 1.54) is 5.69 Å². The van der Waals surface area contributed by atoms with Crippen LogP contribution in [0, 0.1) is 0 Å². The Kier molecular flexibility index (Phi) is 7.26. The maximum atomic E-state index is 12.3. The van der Waals surface area contributed by atoms with Gasteiger partial charge in [0.05, 0.1) is 5.69 Å². The fourth-order valence-electron chi connectivity index (χ4n) is 2.66. The summed E-state index contributed by atoms with van der Waals surface area (Å²) < 4.78 is 1.91. The highest BCUT2D eigenvalue weighted by atomic mass is 35.5. The number of carbonyl (C=O) groups excluding carboxylic acids is 1. The first-order valence-corrected chi connectivity index (χ1v) is 7.71. The van der Waals surface area contributed by atoms with Crippen molar-refractivity contribution in [3.05, 3.63) is 52.3 Å². The molecule has 2 rings (SSSR count). The van der Waals surface area contributed by atoms with Crippen LogP contribution in [0.5, 0.6) is 0 Å². The molecule has 0 saturated heterocycles. The highest BCUT2D eigenvalue weighted by Crippen LogP contribution is 2.15. The summed E-state index contributed by atoms with van der Waals surface area (Å²) in [5, 5.41) is 7.52. The Morgan fingerprint density at radius 2 is 1.87 bits per heavy atom. The van der Waals surface area contributed by atoms with Crippen molar-refractivity contribution in [1.82, 2.24) is 15.1 Å². The fraction of sp³-hybridized carbons (Fsp3) is 0.412. The molecule has 23 heavy (non-hydrogen) atoms. The minimum absolute atomic E-state index is 0. The number of hydrogen-bond donors (Lipinski definition) is 2. The van der Waals surface area contributed by atoms with Gasteiger partial charge in [0.25, 0.3) is 5.91 Å². The summed E-state index contributed by atoms with van der Waals surface area (Å²) in [5.74, 6) is -0.0727. The minimum atomic E-state index is -0.0727.